The molecule has 2 aromatic carbocycles. The van der Waals surface area contributed by atoms with Gasteiger partial charge in [-0.3, -0.25) is 9.59 Å². The topological polar surface area (TPSA) is 64.4 Å². The highest BCUT2D eigenvalue weighted by Gasteiger charge is 2.33. The minimum absolute atomic E-state index is 0.0108. The maximum absolute atomic E-state index is 12.2. The number of rotatable bonds is 5. The van der Waals surface area contributed by atoms with E-state index in [4.69, 9.17) is 4.74 Å². The van der Waals surface area contributed by atoms with Crippen molar-refractivity contribution in [3.63, 3.8) is 0 Å². The molecule has 1 fully saturated rings. The fraction of sp³-hybridized carbons (Fsp3) is 0.190. The van der Waals surface area contributed by atoms with Gasteiger partial charge < -0.3 is 9.64 Å². The van der Waals surface area contributed by atoms with Crippen molar-refractivity contribution in [3.05, 3.63) is 83.2 Å². The van der Waals surface area contributed by atoms with Gasteiger partial charge >= 0.3 is 0 Å². The third-order valence-electron chi connectivity index (χ3n) is 4.56. The van der Waals surface area contributed by atoms with Crippen LogP contribution in [0.3, 0.4) is 0 Å². The second-order valence-electron chi connectivity index (χ2n) is 6.42. The second-order valence-corrected chi connectivity index (χ2v) is 6.42. The Bertz CT molecular complexity index is 980. The van der Waals surface area contributed by atoms with Crippen molar-refractivity contribution in [3.8, 4) is 17.0 Å². The van der Waals surface area contributed by atoms with Crippen LogP contribution in [-0.2, 0) is 4.79 Å². The molecule has 1 aliphatic heterocycles. The molecule has 1 saturated heterocycles. The summed E-state index contributed by atoms with van der Waals surface area (Å²) in [7, 11) is 0. The second kappa shape index (κ2) is 7.45. The highest BCUT2D eigenvalue weighted by molar-refractivity contribution is 5.78. The maximum atomic E-state index is 12.2. The summed E-state index contributed by atoms with van der Waals surface area (Å²) < 4.78 is 6.97. The molecule has 0 saturated carbocycles. The van der Waals surface area contributed by atoms with Crippen molar-refractivity contribution < 1.29 is 9.53 Å². The zero-order valence-electron chi connectivity index (χ0n) is 14.7. The van der Waals surface area contributed by atoms with Crippen molar-refractivity contribution in [1.29, 1.82) is 0 Å². The van der Waals surface area contributed by atoms with E-state index >= 15 is 0 Å². The first-order chi connectivity index (χ1) is 13.2. The minimum Gasteiger partial charge on any atom is -0.484 e. The van der Waals surface area contributed by atoms with Gasteiger partial charge in [-0.05, 0) is 18.2 Å². The van der Waals surface area contributed by atoms with Crippen LogP contribution in [0.25, 0.3) is 11.3 Å². The zero-order chi connectivity index (χ0) is 18.6. The molecular weight excluding hydrogens is 342 g/mol. The highest BCUT2D eigenvalue weighted by atomic mass is 16.5. The number of para-hydroxylation sites is 1. The molecule has 0 spiro atoms. The molecule has 0 atom stereocenters. The number of ether oxygens (including phenoxy) is 1. The summed E-state index contributed by atoms with van der Waals surface area (Å²) in [5, 5.41) is 4.49. The van der Waals surface area contributed by atoms with E-state index in [1.54, 1.807) is 11.0 Å². The number of aromatic nitrogens is 2. The average Bonchev–Trinajstić information content (AvgIpc) is 2.68. The smallest absolute Gasteiger partial charge is 0.267 e. The number of hydrogen-bond donors (Lipinski definition) is 0. The van der Waals surface area contributed by atoms with E-state index in [9.17, 15) is 9.59 Å². The van der Waals surface area contributed by atoms with Gasteiger partial charge in [0.2, 0.25) is 0 Å². The molecule has 3 aromatic rings. The van der Waals surface area contributed by atoms with Gasteiger partial charge in [-0.1, -0.05) is 48.5 Å². The Morgan fingerprint density at radius 2 is 1.63 bits per heavy atom. The molecule has 1 aromatic heterocycles. The number of benzene rings is 2. The summed E-state index contributed by atoms with van der Waals surface area (Å²) in [6.45, 7) is 0.910. The van der Waals surface area contributed by atoms with Gasteiger partial charge in [-0.2, -0.15) is 5.10 Å². The fourth-order valence-electron chi connectivity index (χ4n) is 3.02. The van der Waals surface area contributed by atoms with Gasteiger partial charge in [0.05, 0.1) is 11.7 Å². The van der Waals surface area contributed by atoms with Crippen LogP contribution < -0.4 is 10.3 Å². The Kier molecular flexibility index (Phi) is 4.70. The van der Waals surface area contributed by atoms with Crippen molar-refractivity contribution in [2.24, 2.45) is 0 Å². The lowest BCUT2D eigenvalue weighted by Gasteiger charge is -2.39. The molecule has 0 bridgehead atoms. The van der Waals surface area contributed by atoms with Gasteiger partial charge in [0, 0.05) is 24.7 Å². The summed E-state index contributed by atoms with van der Waals surface area (Å²) in [5.41, 5.74) is 1.54. The molecule has 6 nitrogen and oxygen atoms in total. The SMILES string of the molecule is O=C(COc1ccccc1)N1CC(n2nc(-c3ccccc3)ccc2=O)C1. The predicted molar refractivity (Wildman–Crippen MR) is 101 cm³/mol. The van der Waals surface area contributed by atoms with Gasteiger partial charge in [-0.15, -0.1) is 0 Å². The van der Waals surface area contributed by atoms with Crippen LogP contribution in [0.2, 0.25) is 0 Å². The molecule has 1 amide bonds. The van der Waals surface area contributed by atoms with Crippen molar-refractivity contribution in [2.75, 3.05) is 19.7 Å². The maximum Gasteiger partial charge on any atom is 0.267 e. The lowest BCUT2D eigenvalue weighted by molar-refractivity contribution is -0.139. The van der Waals surface area contributed by atoms with E-state index in [2.05, 4.69) is 5.10 Å². The van der Waals surface area contributed by atoms with Crippen molar-refractivity contribution >= 4 is 5.91 Å². The normalized spacial score (nSPS) is 13.9. The van der Waals surface area contributed by atoms with Crippen LogP contribution in [0.1, 0.15) is 6.04 Å². The molecular formula is C21H19N3O3. The summed E-state index contributed by atoms with van der Waals surface area (Å²) in [4.78, 5) is 26.1. The number of amides is 1. The lowest BCUT2D eigenvalue weighted by atomic mass is 10.1. The Morgan fingerprint density at radius 1 is 0.963 bits per heavy atom. The van der Waals surface area contributed by atoms with Gasteiger partial charge in [-0.25, -0.2) is 4.68 Å². The Hall–Kier alpha value is -3.41. The van der Waals surface area contributed by atoms with E-state index < -0.39 is 0 Å². The first-order valence-corrected chi connectivity index (χ1v) is 8.81. The fourth-order valence-corrected chi connectivity index (χ4v) is 3.02. The molecule has 0 unspecified atom stereocenters. The molecule has 0 aliphatic carbocycles. The Balaban J connectivity index is 1.39. The summed E-state index contributed by atoms with van der Waals surface area (Å²) >= 11 is 0. The largest absolute Gasteiger partial charge is 0.484 e. The number of nitrogens with zero attached hydrogens (tertiary/aromatic N) is 3. The van der Waals surface area contributed by atoms with E-state index in [0.717, 1.165) is 11.3 Å². The van der Waals surface area contributed by atoms with Gasteiger partial charge in [0.15, 0.2) is 6.61 Å². The molecule has 27 heavy (non-hydrogen) atoms. The van der Waals surface area contributed by atoms with Crippen molar-refractivity contribution in [2.45, 2.75) is 6.04 Å². The van der Waals surface area contributed by atoms with Crippen LogP contribution in [0, 0.1) is 0 Å². The van der Waals surface area contributed by atoms with Crippen LogP contribution in [0.5, 0.6) is 5.75 Å². The molecule has 0 radical (unpaired) electrons. The first kappa shape index (κ1) is 17.0. The molecule has 0 N–H and O–H groups in total. The van der Waals surface area contributed by atoms with Crippen LogP contribution in [0.15, 0.2) is 77.6 Å². The first-order valence-electron chi connectivity index (χ1n) is 8.81. The third kappa shape index (κ3) is 3.74. The summed E-state index contributed by atoms with van der Waals surface area (Å²) in [6, 6.07) is 22.1. The van der Waals surface area contributed by atoms with Crippen LogP contribution in [0.4, 0.5) is 0 Å². The number of carbonyl (C=O) groups excluding carboxylic acids is 1. The minimum atomic E-state index is -0.160. The Morgan fingerprint density at radius 3 is 2.33 bits per heavy atom. The Labute approximate surface area is 156 Å². The zero-order valence-corrected chi connectivity index (χ0v) is 14.7. The molecule has 2 heterocycles. The number of likely N-dealkylation sites (tertiary alicyclic amines) is 1. The molecule has 1 aliphatic rings. The standard InChI is InChI=1S/C21H19N3O3/c25-20-12-11-19(16-7-3-1-4-8-16)22-24(20)17-13-23(14-17)21(26)15-27-18-9-5-2-6-10-18/h1-12,17H,13-15H2. The molecule has 136 valence electrons. The van der Waals surface area contributed by atoms with Crippen LogP contribution in [-0.4, -0.2) is 40.3 Å². The highest BCUT2D eigenvalue weighted by Crippen LogP contribution is 2.21. The van der Waals surface area contributed by atoms with E-state index in [1.165, 1.54) is 10.7 Å². The molecule has 6 heteroatoms. The monoisotopic (exact) mass is 361 g/mol. The number of carbonyl (C=O) groups is 1. The van der Waals surface area contributed by atoms with E-state index in [-0.39, 0.29) is 24.1 Å². The summed E-state index contributed by atoms with van der Waals surface area (Å²) in [5.74, 6) is 0.568. The third-order valence-corrected chi connectivity index (χ3v) is 4.56. The predicted octanol–water partition coefficient (Wildman–Crippen LogP) is 2.37. The van der Waals surface area contributed by atoms with Gasteiger partial charge in [0.25, 0.3) is 11.5 Å². The lowest BCUT2D eigenvalue weighted by Crippen LogP contribution is -2.54. The van der Waals surface area contributed by atoms with E-state index in [1.807, 2.05) is 60.7 Å². The molecule has 4 rings (SSSR count). The van der Waals surface area contributed by atoms with Crippen molar-refractivity contribution in [1.82, 2.24) is 14.7 Å². The van der Waals surface area contributed by atoms with Gasteiger partial charge in [0.1, 0.15) is 5.75 Å². The van der Waals surface area contributed by atoms with E-state index in [0.29, 0.717) is 18.8 Å². The quantitative estimate of drug-likeness (QED) is 0.700. The van der Waals surface area contributed by atoms with Crippen LogP contribution >= 0.6 is 0 Å². The average molecular weight is 361 g/mol. The number of hydrogen-bond acceptors (Lipinski definition) is 4. The summed E-state index contributed by atoms with van der Waals surface area (Å²) in [6.07, 6.45) is 0.